The molecule has 2 rings (SSSR count). The van der Waals surface area contributed by atoms with Gasteiger partial charge in [0.2, 0.25) is 0 Å². The maximum absolute atomic E-state index is 6.28. The van der Waals surface area contributed by atoms with E-state index in [4.69, 9.17) is 16.3 Å². The van der Waals surface area contributed by atoms with Crippen LogP contribution in [-0.2, 0) is 0 Å². The van der Waals surface area contributed by atoms with Gasteiger partial charge in [-0.15, -0.1) is 0 Å². The van der Waals surface area contributed by atoms with E-state index in [0.29, 0.717) is 17.0 Å². The zero-order valence-corrected chi connectivity index (χ0v) is 13.4. The highest BCUT2D eigenvalue weighted by Gasteiger charge is 2.23. The van der Waals surface area contributed by atoms with Crippen LogP contribution >= 0.6 is 11.6 Å². The zero-order valence-electron chi connectivity index (χ0n) is 12.6. The number of halogens is 1. The summed E-state index contributed by atoms with van der Waals surface area (Å²) in [6.07, 6.45) is 9.52. The lowest BCUT2D eigenvalue weighted by molar-refractivity contribution is 0.299. The van der Waals surface area contributed by atoms with Crippen molar-refractivity contribution in [1.29, 1.82) is 0 Å². The average Bonchev–Trinajstić information content (AvgIpc) is 2.42. The summed E-state index contributed by atoms with van der Waals surface area (Å²) in [4.78, 5) is 0. The molecule has 0 bridgehead atoms. The van der Waals surface area contributed by atoms with Gasteiger partial charge >= 0.3 is 0 Å². The molecule has 1 fully saturated rings. The molecule has 3 heteroatoms. The van der Waals surface area contributed by atoms with Gasteiger partial charge < -0.3 is 10.1 Å². The Balaban J connectivity index is 2.15. The van der Waals surface area contributed by atoms with Gasteiger partial charge in [0.25, 0.3) is 0 Å². The van der Waals surface area contributed by atoms with Crippen LogP contribution in [0, 0.1) is 5.92 Å². The molecule has 0 aromatic heterocycles. The molecule has 0 saturated heterocycles. The number of hydrogen-bond acceptors (Lipinski definition) is 2. The number of nitrogens with one attached hydrogen (secondary N) is 1. The van der Waals surface area contributed by atoms with E-state index < -0.39 is 0 Å². The molecule has 1 aromatic carbocycles. The number of hydrogen-bond donors (Lipinski definition) is 1. The molecule has 0 amide bonds. The van der Waals surface area contributed by atoms with Crippen LogP contribution in [0.15, 0.2) is 18.2 Å². The fourth-order valence-electron chi connectivity index (χ4n) is 3.37. The molecule has 2 nitrogen and oxygen atoms in total. The molecule has 0 aliphatic heterocycles. The van der Waals surface area contributed by atoms with Gasteiger partial charge in [-0.05, 0) is 43.5 Å². The predicted octanol–water partition coefficient (Wildman–Crippen LogP) is 4.97. The molecule has 1 unspecified atom stereocenters. The van der Waals surface area contributed by atoms with Crippen LogP contribution < -0.4 is 10.1 Å². The van der Waals surface area contributed by atoms with E-state index in [-0.39, 0.29) is 0 Å². The van der Waals surface area contributed by atoms with Gasteiger partial charge in [0.15, 0.2) is 0 Å². The molecule has 1 saturated carbocycles. The summed E-state index contributed by atoms with van der Waals surface area (Å²) in [5, 5.41) is 4.21. The van der Waals surface area contributed by atoms with Gasteiger partial charge in [0.1, 0.15) is 5.75 Å². The molecule has 1 aromatic rings. The van der Waals surface area contributed by atoms with Crippen LogP contribution in [0.5, 0.6) is 5.75 Å². The van der Waals surface area contributed by atoms with E-state index in [2.05, 4.69) is 24.5 Å². The zero-order chi connectivity index (χ0) is 14.4. The highest BCUT2D eigenvalue weighted by atomic mass is 35.5. The normalized spacial score (nSPS) is 19.1. The van der Waals surface area contributed by atoms with E-state index in [1.54, 1.807) is 7.11 Å². The molecular formula is C17H26ClNO. The van der Waals surface area contributed by atoms with E-state index in [1.807, 2.05) is 6.07 Å². The van der Waals surface area contributed by atoms with Crippen molar-refractivity contribution in [2.75, 3.05) is 14.2 Å². The van der Waals surface area contributed by atoms with Crippen molar-refractivity contribution in [3.05, 3.63) is 28.8 Å². The maximum Gasteiger partial charge on any atom is 0.137 e. The smallest absolute Gasteiger partial charge is 0.137 e. The predicted molar refractivity (Wildman–Crippen MR) is 85.6 cm³/mol. The van der Waals surface area contributed by atoms with Gasteiger partial charge in [-0.25, -0.2) is 0 Å². The lowest BCUT2D eigenvalue weighted by Crippen LogP contribution is -2.26. The minimum Gasteiger partial charge on any atom is -0.495 e. The van der Waals surface area contributed by atoms with Gasteiger partial charge in [0, 0.05) is 6.04 Å². The Morgan fingerprint density at radius 2 is 1.80 bits per heavy atom. The van der Waals surface area contributed by atoms with Crippen LogP contribution in [-0.4, -0.2) is 14.2 Å². The van der Waals surface area contributed by atoms with Gasteiger partial charge in [-0.2, -0.15) is 0 Å². The van der Waals surface area contributed by atoms with Crippen molar-refractivity contribution >= 4 is 11.6 Å². The van der Waals surface area contributed by atoms with Gasteiger partial charge in [0.05, 0.1) is 12.1 Å². The first-order valence-corrected chi connectivity index (χ1v) is 8.14. The molecule has 1 aliphatic rings. The molecular weight excluding hydrogens is 270 g/mol. The quantitative estimate of drug-likeness (QED) is 0.847. The minimum atomic E-state index is 0.400. The first-order chi connectivity index (χ1) is 9.76. The van der Waals surface area contributed by atoms with Crippen molar-refractivity contribution in [2.45, 2.75) is 51.0 Å². The van der Waals surface area contributed by atoms with E-state index >= 15 is 0 Å². The van der Waals surface area contributed by atoms with Crippen LogP contribution in [0.2, 0.25) is 5.02 Å². The summed E-state index contributed by atoms with van der Waals surface area (Å²) in [6, 6.07) is 6.58. The number of benzene rings is 1. The standard InChI is InChI=1S/C17H26ClNO/c1-19-17(13-8-6-4-3-5-7-9-13)14-10-11-16(20-2)15(18)12-14/h10-13,17,19H,3-9H2,1-2H3. The number of methoxy groups -OCH3 is 1. The van der Waals surface area contributed by atoms with Crippen LogP contribution in [0.4, 0.5) is 0 Å². The summed E-state index contributed by atoms with van der Waals surface area (Å²) in [5.41, 5.74) is 1.28. The molecule has 0 radical (unpaired) electrons. The van der Waals surface area contributed by atoms with E-state index in [9.17, 15) is 0 Å². The lowest BCUT2D eigenvalue weighted by Gasteiger charge is -2.29. The topological polar surface area (TPSA) is 21.3 Å². The summed E-state index contributed by atoms with van der Waals surface area (Å²) < 4.78 is 5.24. The van der Waals surface area contributed by atoms with E-state index in [1.165, 1.54) is 50.5 Å². The third-order valence-electron chi connectivity index (χ3n) is 4.47. The molecule has 0 heterocycles. The summed E-state index contributed by atoms with van der Waals surface area (Å²) in [7, 11) is 3.72. The second-order valence-corrected chi connectivity index (χ2v) is 6.17. The SMILES string of the molecule is CNC(c1ccc(OC)c(Cl)c1)C1CCCCCCC1. The molecule has 1 atom stereocenters. The maximum atomic E-state index is 6.28. The average molecular weight is 296 g/mol. The summed E-state index contributed by atoms with van der Waals surface area (Å²) in [5.74, 6) is 1.47. The Bertz CT molecular complexity index is 413. The van der Waals surface area contributed by atoms with Crippen molar-refractivity contribution in [1.82, 2.24) is 5.32 Å². The summed E-state index contributed by atoms with van der Waals surface area (Å²) >= 11 is 6.28. The van der Waals surface area contributed by atoms with Crippen LogP contribution in [0.1, 0.15) is 56.6 Å². The molecule has 1 aliphatic carbocycles. The van der Waals surface area contributed by atoms with Gasteiger partial charge in [-0.1, -0.05) is 49.8 Å². The fraction of sp³-hybridized carbons (Fsp3) is 0.647. The Hall–Kier alpha value is -0.730. The monoisotopic (exact) mass is 295 g/mol. The molecule has 112 valence electrons. The Morgan fingerprint density at radius 1 is 1.15 bits per heavy atom. The van der Waals surface area contributed by atoms with Gasteiger partial charge in [-0.3, -0.25) is 0 Å². The number of rotatable bonds is 4. The first kappa shape index (κ1) is 15.7. The molecule has 1 N–H and O–H groups in total. The lowest BCUT2D eigenvalue weighted by atomic mass is 9.83. The Kier molecular flexibility index (Phi) is 6.18. The molecule has 0 spiro atoms. The first-order valence-electron chi connectivity index (χ1n) is 7.77. The summed E-state index contributed by atoms with van der Waals surface area (Å²) in [6.45, 7) is 0. The van der Waals surface area contributed by atoms with E-state index in [0.717, 1.165) is 5.75 Å². The Morgan fingerprint density at radius 3 is 2.35 bits per heavy atom. The number of ether oxygens (including phenoxy) is 1. The highest BCUT2D eigenvalue weighted by molar-refractivity contribution is 6.32. The Labute approximate surface area is 127 Å². The second kappa shape index (κ2) is 7.90. The minimum absolute atomic E-state index is 0.400. The fourth-order valence-corrected chi connectivity index (χ4v) is 3.64. The van der Waals surface area contributed by atoms with Crippen LogP contribution in [0.3, 0.4) is 0 Å². The molecule has 20 heavy (non-hydrogen) atoms. The van der Waals surface area contributed by atoms with Crippen molar-refractivity contribution < 1.29 is 4.74 Å². The largest absolute Gasteiger partial charge is 0.495 e. The second-order valence-electron chi connectivity index (χ2n) is 5.77. The highest BCUT2D eigenvalue weighted by Crippen LogP contribution is 2.35. The third-order valence-corrected chi connectivity index (χ3v) is 4.76. The third kappa shape index (κ3) is 3.89. The van der Waals surface area contributed by atoms with Crippen molar-refractivity contribution in [2.24, 2.45) is 5.92 Å². The van der Waals surface area contributed by atoms with Crippen LogP contribution in [0.25, 0.3) is 0 Å². The van der Waals surface area contributed by atoms with Crippen molar-refractivity contribution in [3.63, 3.8) is 0 Å². The van der Waals surface area contributed by atoms with Crippen molar-refractivity contribution in [3.8, 4) is 5.75 Å².